The zero-order chi connectivity index (χ0) is 16.2. The molecule has 0 aromatic rings. The molecule has 0 atom stereocenters. The lowest BCUT2D eigenvalue weighted by molar-refractivity contribution is -0.802. The number of hydrogen-bond donors (Lipinski definition) is 1. The maximum Gasteiger partial charge on any atom is 0.0660 e. The summed E-state index contributed by atoms with van der Waals surface area (Å²) in [7, 11) is 3.06. The van der Waals surface area contributed by atoms with Gasteiger partial charge >= 0.3 is 0 Å². The van der Waals surface area contributed by atoms with Gasteiger partial charge < -0.3 is 10.3 Å². The molecule has 1 N–H and O–H groups in total. The van der Waals surface area contributed by atoms with Crippen LogP contribution in [0.25, 0.3) is 0 Å². The molecule has 0 heterocycles. The van der Waals surface area contributed by atoms with E-state index in [2.05, 4.69) is 13.8 Å². The first-order chi connectivity index (χ1) is 10.1. The molecule has 2 nitrogen and oxygen atoms in total. The normalized spacial score (nSPS) is 10.6. The van der Waals surface area contributed by atoms with E-state index >= 15 is 0 Å². The maximum atomic E-state index is 9.44. The molecule has 0 aliphatic rings. The first kappa shape index (κ1) is 23.2. The lowest BCUT2D eigenvalue weighted by Crippen LogP contribution is -3.00. The van der Waals surface area contributed by atoms with Gasteiger partial charge in [0.1, 0.15) is 0 Å². The lowest BCUT2D eigenvalue weighted by atomic mass is 10.0. The van der Waals surface area contributed by atoms with E-state index in [1.54, 1.807) is 0 Å². The highest BCUT2D eigenvalue weighted by Gasteiger charge is 1.93. The molecule has 0 radical (unpaired) electrons. The van der Waals surface area contributed by atoms with Gasteiger partial charge in [0.25, 0.3) is 0 Å². The van der Waals surface area contributed by atoms with Crippen LogP contribution in [0.2, 0.25) is 0 Å². The third kappa shape index (κ3) is 33.0. The third-order valence-corrected chi connectivity index (χ3v) is 3.71. The van der Waals surface area contributed by atoms with Crippen LogP contribution in [0.1, 0.15) is 110 Å². The van der Waals surface area contributed by atoms with Crippen molar-refractivity contribution < 1.29 is 5.06 Å². The topological polar surface area (TPSA) is 27.5 Å². The summed E-state index contributed by atoms with van der Waals surface area (Å²) in [5, 5.41) is 9.61. The van der Waals surface area contributed by atoms with E-state index in [4.69, 9.17) is 0 Å². The predicted molar refractivity (Wildman–Crippen MR) is 96.8 cm³/mol. The summed E-state index contributed by atoms with van der Waals surface area (Å²) in [6.07, 6.45) is 21.9. The molecule has 0 amide bonds. The van der Waals surface area contributed by atoms with Gasteiger partial charge in [-0.25, -0.2) is 0 Å². The van der Waals surface area contributed by atoms with Gasteiger partial charge in [-0.1, -0.05) is 110 Å². The number of hydrogen-bond acceptors (Lipinski definition) is 1. The Bertz CT molecular complexity index is 143. The molecular weight excluding hydrogens is 258 g/mol. The van der Waals surface area contributed by atoms with Gasteiger partial charge in [0, 0.05) is 0 Å². The highest BCUT2D eigenvalue weighted by Crippen LogP contribution is 2.13. The second-order valence-corrected chi connectivity index (χ2v) is 6.50. The van der Waals surface area contributed by atoms with Crippen molar-refractivity contribution in [3.63, 3.8) is 0 Å². The molecular formula is C19H43NO. The fraction of sp³-hybridized carbons (Fsp3) is 1.00. The van der Waals surface area contributed by atoms with Crippen LogP contribution in [0.5, 0.6) is 0 Å². The Balaban J connectivity index is 0. The molecule has 0 aliphatic carbocycles. The largest absolute Gasteiger partial charge is 0.635 e. The standard InChI is InChI=1S/C17H36.C2H7NO/c1-3-5-7-9-11-13-15-17-16-14-12-10-8-6-4-2;1-3(2)4/h3-17H2,1-2H3;3H,1-2H3. The van der Waals surface area contributed by atoms with Crippen molar-refractivity contribution in [2.75, 3.05) is 14.1 Å². The lowest BCUT2D eigenvalue weighted by Gasteiger charge is -2.04. The number of hydroxylamine groups is 2. The van der Waals surface area contributed by atoms with Crippen LogP contribution in [0.3, 0.4) is 0 Å². The Labute approximate surface area is 135 Å². The fourth-order valence-electron chi connectivity index (χ4n) is 2.44. The molecule has 0 aliphatic heterocycles. The van der Waals surface area contributed by atoms with E-state index in [-0.39, 0.29) is 5.06 Å². The molecule has 0 spiro atoms. The van der Waals surface area contributed by atoms with Crippen LogP contribution in [-0.2, 0) is 0 Å². The van der Waals surface area contributed by atoms with E-state index < -0.39 is 0 Å². The minimum Gasteiger partial charge on any atom is -0.635 e. The quantitative estimate of drug-likeness (QED) is 0.332. The van der Waals surface area contributed by atoms with E-state index in [9.17, 15) is 5.21 Å². The third-order valence-electron chi connectivity index (χ3n) is 3.71. The van der Waals surface area contributed by atoms with Crippen molar-refractivity contribution in [1.82, 2.24) is 0 Å². The van der Waals surface area contributed by atoms with Crippen molar-refractivity contribution in [3.8, 4) is 0 Å². The van der Waals surface area contributed by atoms with E-state index in [0.717, 1.165) is 0 Å². The second-order valence-electron chi connectivity index (χ2n) is 6.50. The molecule has 0 aromatic carbocycles. The maximum absolute atomic E-state index is 9.44. The second kappa shape index (κ2) is 22.2. The summed E-state index contributed by atoms with van der Waals surface area (Å²) < 4.78 is 0. The van der Waals surface area contributed by atoms with Crippen molar-refractivity contribution >= 4 is 0 Å². The Morgan fingerprint density at radius 2 is 0.619 bits per heavy atom. The first-order valence-corrected chi connectivity index (χ1v) is 9.62. The number of rotatable bonds is 14. The van der Waals surface area contributed by atoms with E-state index in [0.29, 0.717) is 0 Å². The van der Waals surface area contributed by atoms with Crippen LogP contribution in [-0.4, -0.2) is 14.1 Å². The Morgan fingerprint density at radius 1 is 0.476 bits per heavy atom. The zero-order valence-electron chi connectivity index (χ0n) is 15.5. The predicted octanol–water partition coefficient (Wildman–Crippen LogP) is 5.51. The number of quaternary nitrogens is 1. The summed E-state index contributed by atoms with van der Waals surface area (Å²) in [4.78, 5) is 0. The van der Waals surface area contributed by atoms with Crippen LogP contribution < -0.4 is 5.06 Å². The molecule has 21 heavy (non-hydrogen) atoms. The van der Waals surface area contributed by atoms with Crippen LogP contribution >= 0.6 is 0 Å². The molecule has 0 rings (SSSR count). The van der Waals surface area contributed by atoms with Crippen molar-refractivity contribution in [2.24, 2.45) is 0 Å². The Kier molecular flexibility index (Phi) is 24.5. The van der Waals surface area contributed by atoms with Gasteiger partial charge in [0.2, 0.25) is 0 Å². The monoisotopic (exact) mass is 301 g/mol. The van der Waals surface area contributed by atoms with Crippen LogP contribution in [0.4, 0.5) is 0 Å². The average molecular weight is 302 g/mol. The van der Waals surface area contributed by atoms with Gasteiger partial charge in [-0.2, -0.15) is 0 Å². The van der Waals surface area contributed by atoms with Crippen LogP contribution in [0, 0.1) is 5.21 Å². The van der Waals surface area contributed by atoms with E-state index in [1.165, 1.54) is 110 Å². The number of nitrogens with one attached hydrogen (secondary N) is 1. The first-order valence-electron chi connectivity index (χ1n) is 9.62. The molecule has 130 valence electrons. The van der Waals surface area contributed by atoms with Crippen molar-refractivity contribution in [3.05, 3.63) is 5.21 Å². The molecule has 0 fully saturated rings. The number of unbranched alkanes of at least 4 members (excludes halogenated alkanes) is 14. The SMILES string of the molecule is CCCCCCCCCCCCCCCCC.C[NH+](C)[O-]. The zero-order valence-corrected chi connectivity index (χ0v) is 15.5. The fourth-order valence-corrected chi connectivity index (χ4v) is 2.44. The highest BCUT2D eigenvalue weighted by molar-refractivity contribution is 4.48. The minimum atomic E-state index is 0.167. The van der Waals surface area contributed by atoms with E-state index in [1.807, 2.05) is 0 Å². The summed E-state index contributed by atoms with van der Waals surface area (Å²) in [6.45, 7) is 4.58. The summed E-state index contributed by atoms with van der Waals surface area (Å²) in [5.74, 6) is 0. The highest BCUT2D eigenvalue weighted by atomic mass is 16.5. The van der Waals surface area contributed by atoms with Gasteiger partial charge in [-0.15, -0.1) is 0 Å². The molecule has 0 bridgehead atoms. The molecule has 0 saturated heterocycles. The van der Waals surface area contributed by atoms with Gasteiger partial charge in [0.15, 0.2) is 0 Å². The molecule has 2 heteroatoms. The Morgan fingerprint density at radius 3 is 0.762 bits per heavy atom. The van der Waals surface area contributed by atoms with Crippen LogP contribution in [0.15, 0.2) is 0 Å². The Hall–Kier alpha value is -0.0800. The average Bonchev–Trinajstić information content (AvgIpc) is 2.43. The van der Waals surface area contributed by atoms with Crippen molar-refractivity contribution in [2.45, 2.75) is 110 Å². The van der Waals surface area contributed by atoms with Gasteiger partial charge in [-0.05, 0) is 0 Å². The van der Waals surface area contributed by atoms with Gasteiger partial charge in [-0.3, -0.25) is 0 Å². The summed E-state index contributed by atoms with van der Waals surface area (Å²) >= 11 is 0. The smallest absolute Gasteiger partial charge is 0.0660 e. The molecule has 0 unspecified atom stereocenters. The summed E-state index contributed by atoms with van der Waals surface area (Å²) in [6, 6.07) is 0. The minimum absolute atomic E-state index is 0.167. The summed E-state index contributed by atoms with van der Waals surface area (Å²) in [5.41, 5.74) is 0. The van der Waals surface area contributed by atoms with Crippen molar-refractivity contribution in [1.29, 1.82) is 0 Å². The molecule has 0 aromatic heterocycles. The van der Waals surface area contributed by atoms with Gasteiger partial charge in [0.05, 0.1) is 14.1 Å². The molecule has 0 saturated carbocycles.